The van der Waals surface area contributed by atoms with Gasteiger partial charge in [0.05, 0.1) is 18.4 Å². The Morgan fingerprint density at radius 2 is 2.05 bits per heavy atom. The molecular weight excluding hydrogens is 280 g/mol. The van der Waals surface area contributed by atoms with Gasteiger partial charge in [-0.2, -0.15) is 5.26 Å². The van der Waals surface area contributed by atoms with E-state index in [4.69, 9.17) is 5.26 Å². The van der Waals surface area contributed by atoms with Gasteiger partial charge in [0.25, 0.3) is 5.91 Å². The molecule has 1 unspecified atom stereocenters. The number of amides is 1. The Morgan fingerprint density at radius 1 is 1.27 bits per heavy atom. The highest BCUT2D eigenvalue weighted by Crippen LogP contribution is 2.28. The summed E-state index contributed by atoms with van der Waals surface area (Å²) in [6.45, 7) is 2.57. The van der Waals surface area contributed by atoms with E-state index in [2.05, 4.69) is 4.98 Å². The molecule has 1 N–H and O–H groups in total. The van der Waals surface area contributed by atoms with Crippen LogP contribution in [0.5, 0.6) is 0 Å². The summed E-state index contributed by atoms with van der Waals surface area (Å²) < 4.78 is 0. The highest BCUT2D eigenvalue weighted by Gasteiger charge is 2.43. The summed E-state index contributed by atoms with van der Waals surface area (Å²) in [5, 5.41) is 19.6. The van der Waals surface area contributed by atoms with Gasteiger partial charge in [0.2, 0.25) is 0 Å². The van der Waals surface area contributed by atoms with Crippen LogP contribution < -0.4 is 4.90 Å². The maximum Gasteiger partial charge on any atom is 0.256 e. The summed E-state index contributed by atoms with van der Waals surface area (Å²) in [6.07, 6.45) is 4.93. The maximum absolute atomic E-state index is 12.6. The lowest BCUT2D eigenvalue weighted by Crippen LogP contribution is -2.57. The molecule has 0 saturated carbocycles. The first kappa shape index (κ1) is 14.8. The number of hydrogen-bond donors (Lipinski definition) is 1. The fraction of sp³-hybridized carbons (Fsp3) is 0.562. The molecule has 6 heteroatoms. The zero-order valence-corrected chi connectivity index (χ0v) is 12.5. The maximum atomic E-state index is 12.6. The van der Waals surface area contributed by atoms with Crippen molar-refractivity contribution in [2.45, 2.75) is 31.3 Å². The molecule has 116 valence electrons. The largest absolute Gasteiger partial charge is 0.378 e. The zero-order valence-electron chi connectivity index (χ0n) is 12.5. The van der Waals surface area contributed by atoms with Gasteiger partial charge in [-0.25, -0.2) is 4.98 Å². The molecule has 0 aliphatic carbocycles. The van der Waals surface area contributed by atoms with Gasteiger partial charge in [0, 0.05) is 19.6 Å². The van der Waals surface area contributed by atoms with Crippen molar-refractivity contribution in [2.75, 3.05) is 31.1 Å². The van der Waals surface area contributed by atoms with Gasteiger partial charge in [0.15, 0.2) is 5.60 Å². The van der Waals surface area contributed by atoms with Crippen molar-refractivity contribution in [2.24, 2.45) is 0 Å². The molecule has 2 aliphatic rings. The van der Waals surface area contributed by atoms with Crippen LogP contribution in [0.4, 0.5) is 5.69 Å². The first-order valence-electron chi connectivity index (χ1n) is 7.75. The van der Waals surface area contributed by atoms with Crippen molar-refractivity contribution in [3.63, 3.8) is 0 Å². The molecule has 1 amide bonds. The normalized spacial score (nSPS) is 25.1. The SMILES string of the molecule is N#Cc1ccc(N2CCCC(O)(C(=O)N3CCCC3)C2)cn1. The van der Waals surface area contributed by atoms with E-state index in [1.165, 1.54) is 0 Å². The Bertz CT molecular complexity index is 589. The second-order valence-electron chi connectivity index (χ2n) is 6.07. The van der Waals surface area contributed by atoms with E-state index in [0.717, 1.165) is 44.6 Å². The Morgan fingerprint density at radius 3 is 2.68 bits per heavy atom. The Balaban J connectivity index is 1.75. The zero-order chi connectivity index (χ0) is 15.6. The molecule has 1 aromatic heterocycles. The van der Waals surface area contributed by atoms with E-state index < -0.39 is 5.60 Å². The molecule has 0 aromatic carbocycles. The van der Waals surface area contributed by atoms with Crippen LogP contribution in [0.25, 0.3) is 0 Å². The van der Waals surface area contributed by atoms with E-state index in [1.54, 1.807) is 17.2 Å². The van der Waals surface area contributed by atoms with Crippen molar-refractivity contribution in [3.8, 4) is 6.07 Å². The number of pyridine rings is 1. The van der Waals surface area contributed by atoms with Crippen molar-refractivity contribution in [3.05, 3.63) is 24.0 Å². The van der Waals surface area contributed by atoms with E-state index in [-0.39, 0.29) is 12.5 Å². The summed E-state index contributed by atoms with van der Waals surface area (Å²) in [5.74, 6) is -0.142. The van der Waals surface area contributed by atoms with Gasteiger partial charge in [-0.3, -0.25) is 4.79 Å². The van der Waals surface area contributed by atoms with Crippen LogP contribution in [-0.4, -0.2) is 52.7 Å². The van der Waals surface area contributed by atoms with Crippen LogP contribution in [0.3, 0.4) is 0 Å². The van der Waals surface area contributed by atoms with Crippen LogP contribution in [0.2, 0.25) is 0 Å². The number of likely N-dealkylation sites (tertiary alicyclic amines) is 1. The predicted octanol–water partition coefficient (Wildman–Crippen LogP) is 0.907. The minimum absolute atomic E-state index is 0.142. The van der Waals surface area contributed by atoms with E-state index in [9.17, 15) is 9.90 Å². The van der Waals surface area contributed by atoms with E-state index in [1.807, 2.05) is 17.0 Å². The minimum atomic E-state index is -1.31. The number of anilines is 1. The summed E-state index contributed by atoms with van der Waals surface area (Å²) in [6, 6.07) is 5.46. The lowest BCUT2D eigenvalue weighted by Gasteiger charge is -2.40. The van der Waals surface area contributed by atoms with Crippen LogP contribution in [0.15, 0.2) is 18.3 Å². The smallest absolute Gasteiger partial charge is 0.256 e. The quantitative estimate of drug-likeness (QED) is 0.878. The lowest BCUT2D eigenvalue weighted by molar-refractivity contribution is -0.151. The first-order valence-corrected chi connectivity index (χ1v) is 7.75. The molecule has 1 aromatic rings. The van der Waals surface area contributed by atoms with Gasteiger partial charge in [-0.1, -0.05) is 0 Å². The van der Waals surface area contributed by atoms with E-state index >= 15 is 0 Å². The average molecular weight is 300 g/mol. The molecule has 6 nitrogen and oxygen atoms in total. The first-order chi connectivity index (χ1) is 10.6. The molecule has 3 heterocycles. The Kier molecular flexibility index (Phi) is 3.99. The van der Waals surface area contributed by atoms with Gasteiger partial charge in [-0.15, -0.1) is 0 Å². The topological polar surface area (TPSA) is 80.5 Å². The van der Waals surface area contributed by atoms with E-state index in [0.29, 0.717) is 12.1 Å². The number of carbonyl (C=O) groups is 1. The van der Waals surface area contributed by atoms with Gasteiger partial charge >= 0.3 is 0 Å². The molecule has 2 saturated heterocycles. The minimum Gasteiger partial charge on any atom is -0.378 e. The number of aromatic nitrogens is 1. The number of rotatable bonds is 2. The highest BCUT2D eigenvalue weighted by molar-refractivity contribution is 5.86. The molecule has 0 radical (unpaired) electrons. The lowest BCUT2D eigenvalue weighted by atomic mass is 9.91. The van der Waals surface area contributed by atoms with Crippen LogP contribution in [0.1, 0.15) is 31.4 Å². The van der Waals surface area contributed by atoms with Crippen molar-refractivity contribution < 1.29 is 9.90 Å². The molecule has 3 rings (SSSR count). The standard InChI is InChI=1S/C16H20N4O2/c17-10-13-4-5-14(11-18-13)20-9-3-6-16(22,12-20)15(21)19-7-1-2-8-19/h4-5,11,22H,1-3,6-9,12H2. The summed E-state index contributed by atoms with van der Waals surface area (Å²) in [4.78, 5) is 20.4. The second-order valence-corrected chi connectivity index (χ2v) is 6.07. The Hall–Kier alpha value is -2.13. The molecule has 1 atom stereocenters. The third-order valence-electron chi connectivity index (χ3n) is 4.49. The fourth-order valence-corrected chi connectivity index (χ4v) is 3.28. The van der Waals surface area contributed by atoms with Crippen LogP contribution >= 0.6 is 0 Å². The number of hydrogen-bond acceptors (Lipinski definition) is 5. The average Bonchev–Trinajstić information content (AvgIpc) is 3.08. The van der Waals surface area contributed by atoms with Gasteiger partial charge in [-0.05, 0) is 37.8 Å². The number of nitriles is 1. The molecule has 2 fully saturated rings. The highest BCUT2D eigenvalue weighted by atomic mass is 16.3. The third-order valence-corrected chi connectivity index (χ3v) is 4.49. The number of carbonyl (C=O) groups excluding carboxylic acids is 1. The van der Waals surface area contributed by atoms with Gasteiger partial charge in [0.1, 0.15) is 11.8 Å². The van der Waals surface area contributed by atoms with Crippen molar-refractivity contribution >= 4 is 11.6 Å². The van der Waals surface area contributed by atoms with Crippen LogP contribution in [0, 0.1) is 11.3 Å². The van der Waals surface area contributed by atoms with Crippen LogP contribution in [-0.2, 0) is 4.79 Å². The Labute approximate surface area is 130 Å². The third kappa shape index (κ3) is 2.77. The number of β-amino-alcohol motifs (C(OH)–C–C–N with tert-alkyl or cyclic N) is 1. The predicted molar refractivity (Wildman–Crippen MR) is 81.2 cm³/mol. The summed E-state index contributed by atoms with van der Waals surface area (Å²) in [7, 11) is 0. The molecule has 0 spiro atoms. The summed E-state index contributed by atoms with van der Waals surface area (Å²) in [5.41, 5.74) is -0.105. The number of piperidine rings is 1. The van der Waals surface area contributed by atoms with Crippen molar-refractivity contribution in [1.29, 1.82) is 5.26 Å². The molecule has 2 aliphatic heterocycles. The number of aliphatic hydroxyl groups is 1. The fourth-order valence-electron chi connectivity index (χ4n) is 3.28. The molecular formula is C16H20N4O2. The molecule has 22 heavy (non-hydrogen) atoms. The molecule has 0 bridgehead atoms. The second kappa shape index (κ2) is 5.93. The summed E-state index contributed by atoms with van der Waals surface area (Å²) >= 11 is 0. The van der Waals surface area contributed by atoms with Gasteiger partial charge < -0.3 is 14.9 Å². The number of nitrogens with zero attached hydrogens (tertiary/aromatic N) is 4. The monoisotopic (exact) mass is 300 g/mol. The van der Waals surface area contributed by atoms with Crippen molar-refractivity contribution in [1.82, 2.24) is 9.88 Å².